The molecule has 2 aromatic heterocycles. The first kappa shape index (κ1) is 16.4. The van der Waals surface area contributed by atoms with E-state index in [1.807, 2.05) is 12.1 Å². The summed E-state index contributed by atoms with van der Waals surface area (Å²) in [5.41, 5.74) is 2.42. The van der Waals surface area contributed by atoms with Crippen molar-refractivity contribution < 1.29 is 9.15 Å². The molecule has 0 amide bonds. The predicted molar refractivity (Wildman–Crippen MR) is 94.6 cm³/mol. The van der Waals surface area contributed by atoms with Crippen molar-refractivity contribution in [2.75, 3.05) is 18.2 Å². The third-order valence-corrected chi connectivity index (χ3v) is 4.42. The molecule has 3 aromatic rings. The summed E-state index contributed by atoms with van der Waals surface area (Å²) < 4.78 is 12.5. The van der Waals surface area contributed by atoms with E-state index in [1.54, 1.807) is 30.2 Å². The van der Waals surface area contributed by atoms with E-state index in [1.165, 1.54) is 15.8 Å². The summed E-state index contributed by atoms with van der Waals surface area (Å²) in [5, 5.41) is 8.83. The maximum absolute atomic E-state index is 6.01. The molecule has 0 saturated heterocycles. The number of nitrogens with two attached hydrogens (primary N) is 1. The molecule has 1 aromatic carbocycles. The van der Waals surface area contributed by atoms with Crippen molar-refractivity contribution in [1.82, 2.24) is 14.9 Å². The van der Waals surface area contributed by atoms with E-state index in [4.69, 9.17) is 15.0 Å². The molecule has 24 heavy (non-hydrogen) atoms. The lowest BCUT2D eigenvalue weighted by Crippen LogP contribution is -2.11. The highest BCUT2D eigenvalue weighted by Gasteiger charge is 2.13. The molecule has 0 atom stereocenters. The number of rotatable bonds is 7. The Morgan fingerprint density at radius 3 is 2.71 bits per heavy atom. The van der Waals surface area contributed by atoms with Crippen LogP contribution in [0.15, 0.2) is 46.2 Å². The lowest BCUT2D eigenvalue weighted by Gasteiger charge is -2.08. The van der Waals surface area contributed by atoms with Crippen LogP contribution in [0.5, 0.6) is 5.75 Å². The zero-order chi connectivity index (χ0) is 16.9. The molecule has 0 radical (unpaired) electrons. The minimum absolute atomic E-state index is 0.522. The summed E-state index contributed by atoms with van der Waals surface area (Å²) in [5.74, 6) is 8.90. The number of furan rings is 1. The molecular weight excluding hydrogens is 324 g/mol. The Labute approximate surface area is 145 Å². The number of nitrogens with zero attached hydrogens (tertiary/aromatic N) is 3. The highest BCUT2D eigenvalue weighted by Crippen LogP contribution is 2.22. The van der Waals surface area contributed by atoms with Crippen molar-refractivity contribution in [2.24, 2.45) is 0 Å². The second kappa shape index (κ2) is 7.44. The highest BCUT2D eigenvalue weighted by molar-refractivity contribution is 7.99. The Morgan fingerprint density at radius 1 is 1.21 bits per heavy atom. The van der Waals surface area contributed by atoms with Crippen molar-refractivity contribution in [3.8, 4) is 17.3 Å². The normalized spacial score (nSPS) is 10.9. The Morgan fingerprint density at radius 2 is 2.00 bits per heavy atom. The van der Waals surface area contributed by atoms with E-state index in [9.17, 15) is 0 Å². The van der Waals surface area contributed by atoms with Crippen molar-refractivity contribution >= 4 is 11.8 Å². The molecule has 2 N–H and O–H groups in total. The summed E-state index contributed by atoms with van der Waals surface area (Å²) in [6.07, 6.45) is 2.47. The Hall–Kier alpha value is -2.41. The number of benzene rings is 1. The minimum atomic E-state index is 0.522. The molecule has 0 aliphatic rings. The zero-order valence-electron chi connectivity index (χ0n) is 13.7. The monoisotopic (exact) mass is 344 g/mol. The average molecular weight is 344 g/mol. The third-order valence-electron chi connectivity index (χ3n) is 3.39. The quantitative estimate of drug-likeness (QED) is 0.402. The number of hydrogen-bond donors (Lipinski definition) is 1. The molecule has 0 bridgehead atoms. The van der Waals surface area contributed by atoms with Crippen LogP contribution in [0.25, 0.3) is 11.6 Å². The van der Waals surface area contributed by atoms with Crippen LogP contribution in [-0.4, -0.2) is 27.2 Å². The summed E-state index contributed by atoms with van der Waals surface area (Å²) in [7, 11) is 0. The number of thioether (sulfide) groups is 1. The smallest absolute Gasteiger partial charge is 0.218 e. The van der Waals surface area contributed by atoms with E-state index in [2.05, 4.69) is 30.1 Å². The van der Waals surface area contributed by atoms with Crippen LogP contribution in [-0.2, 0) is 0 Å². The van der Waals surface area contributed by atoms with Gasteiger partial charge in [0.15, 0.2) is 5.76 Å². The van der Waals surface area contributed by atoms with Gasteiger partial charge in [0.1, 0.15) is 5.75 Å². The molecule has 3 rings (SSSR count). The molecule has 0 aliphatic heterocycles. The first-order valence-corrected chi connectivity index (χ1v) is 8.70. The second-order valence-corrected chi connectivity index (χ2v) is 6.59. The summed E-state index contributed by atoms with van der Waals surface area (Å²) >= 11 is 1.55. The first-order valence-electron chi connectivity index (χ1n) is 7.72. The Balaban J connectivity index is 1.47. The van der Waals surface area contributed by atoms with Crippen LogP contribution in [0.4, 0.5) is 0 Å². The van der Waals surface area contributed by atoms with Crippen molar-refractivity contribution in [1.29, 1.82) is 0 Å². The molecule has 0 aliphatic carbocycles. The van der Waals surface area contributed by atoms with Crippen molar-refractivity contribution in [3.63, 3.8) is 0 Å². The fourth-order valence-corrected chi connectivity index (χ4v) is 3.15. The number of hydrogen-bond acceptors (Lipinski definition) is 6. The molecule has 2 heterocycles. The maximum Gasteiger partial charge on any atom is 0.218 e. The van der Waals surface area contributed by atoms with Gasteiger partial charge in [-0.25, -0.2) is 4.68 Å². The predicted octanol–water partition coefficient (Wildman–Crippen LogP) is 3.43. The highest BCUT2D eigenvalue weighted by atomic mass is 32.2. The van der Waals surface area contributed by atoms with Gasteiger partial charge in [-0.3, -0.25) is 0 Å². The molecule has 0 saturated carbocycles. The van der Waals surface area contributed by atoms with Gasteiger partial charge < -0.3 is 15.0 Å². The zero-order valence-corrected chi connectivity index (χ0v) is 14.5. The number of nitrogen functional groups attached to an aromatic ring is 1. The SMILES string of the molecule is Cc1cc(C)cc(OCCCSc2nnc(-c3ccco3)n2N)c1. The van der Waals surface area contributed by atoms with E-state index in [0.717, 1.165) is 17.9 Å². The van der Waals surface area contributed by atoms with E-state index < -0.39 is 0 Å². The van der Waals surface area contributed by atoms with E-state index in [-0.39, 0.29) is 0 Å². The van der Waals surface area contributed by atoms with Gasteiger partial charge in [-0.1, -0.05) is 17.8 Å². The molecule has 0 fully saturated rings. The molecule has 0 unspecified atom stereocenters. The molecule has 7 heteroatoms. The molecule has 6 nitrogen and oxygen atoms in total. The van der Waals surface area contributed by atoms with Crippen LogP contribution in [0.1, 0.15) is 17.5 Å². The molecular formula is C17H20N4O2S. The number of aryl methyl sites for hydroxylation is 2. The van der Waals surface area contributed by atoms with Crippen LogP contribution in [0.2, 0.25) is 0 Å². The van der Waals surface area contributed by atoms with Gasteiger partial charge in [-0.15, -0.1) is 10.2 Å². The van der Waals surface area contributed by atoms with Crippen LogP contribution in [0.3, 0.4) is 0 Å². The van der Waals surface area contributed by atoms with E-state index in [0.29, 0.717) is 23.3 Å². The number of aromatic nitrogens is 3. The summed E-state index contributed by atoms with van der Waals surface area (Å²) in [6.45, 7) is 4.79. The number of ether oxygens (including phenoxy) is 1. The van der Waals surface area contributed by atoms with Crippen LogP contribution in [0, 0.1) is 13.8 Å². The van der Waals surface area contributed by atoms with Crippen molar-refractivity contribution in [3.05, 3.63) is 47.7 Å². The fourth-order valence-electron chi connectivity index (χ4n) is 2.38. The summed E-state index contributed by atoms with van der Waals surface area (Å²) in [6, 6.07) is 9.83. The van der Waals surface area contributed by atoms with Gasteiger partial charge in [0.2, 0.25) is 11.0 Å². The Bertz CT molecular complexity index is 779. The van der Waals surface area contributed by atoms with E-state index >= 15 is 0 Å². The standard InChI is InChI=1S/C17H20N4O2S/c1-12-9-13(2)11-14(10-12)22-7-4-8-24-17-20-19-16(21(17)18)15-5-3-6-23-15/h3,5-6,9-11H,4,7-8,18H2,1-2H3. The Kier molecular flexibility index (Phi) is 5.10. The average Bonchev–Trinajstić information content (AvgIpc) is 3.16. The topological polar surface area (TPSA) is 79.1 Å². The van der Waals surface area contributed by atoms with Gasteiger partial charge in [0, 0.05) is 5.75 Å². The lowest BCUT2D eigenvalue weighted by atomic mass is 10.1. The molecule has 0 spiro atoms. The van der Waals surface area contributed by atoms with Gasteiger partial charge >= 0.3 is 0 Å². The second-order valence-electron chi connectivity index (χ2n) is 5.53. The fraction of sp³-hybridized carbons (Fsp3) is 0.294. The lowest BCUT2D eigenvalue weighted by molar-refractivity contribution is 0.318. The first-order chi connectivity index (χ1) is 11.6. The van der Waals surface area contributed by atoms with Gasteiger partial charge in [0.25, 0.3) is 0 Å². The maximum atomic E-state index is 6.01. The minimum Gasteiger partial charge on any atom is -0.494 e. The van der Waals surface area contributed by atoms with Gasteiger partial charge in [0.05, 0.1) is 12.9 Å². The largest absolute Gasteiger partial charge is 0.494 e. The van der Waals surface area contributed by atoms with Gasteiger partial charge in [-0.05, 0) is 55.7 Å². The van der Waals surface area contributed by atoms with Crippen LogP contribution >= 0.6 is 11.8 Å². The molecule has 126 valence electrons. The van der Waals surface area contributed by atoms with Crippen molar-refractivity contribution in [2.45, 2.75) is 25.4 Å². The third kappa shape index (κ3) is 3.91. The summed E-state index contributed by atoms with van der Waals surface area (Å²) in [4.78, 5) is 0. The van der Waals surface area contributed by atoms with Gasteiger partial charge in [-0.2, -0.15) is 0 Å². The van der Waals surface area contributed by atoms with Crippen LogP contribution < -0.4 is 10.6 Å².